The number of benzene rings is 1. The molecule has 1 aromatic carbocycles. The topological polar surface area (TPSA) is 73.5 Å². The number of carbonyl (C=O) groups is 1. The Morgan fingerprint density at radius 2 is 2.06 bits per heavy atom. The third-order valence-electron chi connectivity index (χ3n) is 6.52. The molecule has 0 bridgehead atoms. The van der Waals surface area contributed by atoms with Crippen LogP contribution in [0.3, 0.4) is 0 Å². The second-order valence-electron chi connectivity index (χ2n) is 10.2. The van der Waals surface area contributed by atoms with Crippen molar-refractivity contribution in [2.75, 3.05) is 40.3 Å². The number of nitrogens with one attached hydrogen (secondary N) is 2. The Balaban J connectivity index is 1.61. The van der Waals surface area contributed by atoms with Gasteiger partial charge in [0, 0.05) is 43.2 Å². The number of aromatic nitrogens is 2. The second-order valence-corrected chi connectivity index (χ2v) is 10.2. The van der Waals surface area contributed by atoms with Gasteiger partial charge < -0.3 is 24.8 Å². The molecule has 4 rings (SSSR count). The molecule has 35 heavy (non-hydrogen) atoms. The van der Waals surface area contributed by atoms with Crippen molar-refractivity contribution < 1.29 is 9.53 Å². The minimum Gasteiger partial charge on any atom is -0.494 e. The molecule has 2 aromatic heterocycles. The largest absolute Gasteiger partial charge is 0.494 e. The summed E-state index contributed by atoms with van der Waals surface area (Å²) in [6.45, 7) is 9.30. The SMILES string of the molecule is Cc1cnc2[nH]c(-c3ccc(OCCCN(C)C)cc3)c(C3CCCN(C(=O)NC(C)C)C3)c2c1. The number of hydrogen-bond acceptors (Lipinski definition) is 4. The van der Waals surface area contributed by atoms with Gasteiger partial charge in [0.05, 0.1) is 12.3 Å². The van der Waals surface area contributed by atoms with E-state index in [0.29, 0.717) is 13.2 Å². The number of aromatic amines is 1. The normalized spacial score (nSPS) is 16.3. The molecule has 1 atom stereocenters. The van der Waals surface area contributed by atoms with Gasteiger partial charge >= 0.3 is 6.03 Å². The summed E-state index contributed by atoms with van der Waals surface area (Å²) >= 11 is 0. The summed E-state index contributed by atoms with van der Waals surface area (Å²) in [5.74, 6) is 1.13. The lowest BCUT2D eigenvalue weighted by Crippen LogP contribution is -2.47. The first-order valence-electron chi connectivity index (χ1n) is 12.7. The molecule has 2 N–H and O–H groups in total. The molecule has 1 unspecified atom stereocenters. The van der Waals surface area contributed by atoms with E-state index in [1.807, 2.05) is 37.1 Å². The first kappa shape index (κ1) is 25.0. The number of likely N-dealkylation sites (tertiary alicyclic amines) is 1. The maximum atomic E-state index is 12.8. The molecule has 2 amide bonds. The highest BCUT2D eigenvalue weighted by molar-refractivity contribution is 5.89. The van der Waals surface area contributed by atoms with Crippen LogP contribution in [-0.2, 0) is 0 Å². The van der Waals surface area contributed by atoms with Crippen molar-refractivity contribution in [1.29, 1.82) is 0 Å². The quantitative estimate of drug-likeness (QED) is 0.439. The molecule has 0 aliphatic carbocycles. The molecule has 1 fully saturated rings. The van der Waals surface area contributed by atoms with Gasteiger partial charge in [-0.2, -0.15) is 0 Å². The van der Waals surface area contributed by atoms with Gasteiger partial charge in [-0.15, -0.1) is 0 Å². The van der Waals surface area contributed by atoms with E-state index in [1.165, 1.54) is 5.56 Å². The van der Waals surface area contributed by atoms with Crippen molar-refractivity contribution in [3.05, 3.63) is 47.7 Å². The van der Waals surface area contributed by atoms with Crippen LogP contribution in [0.5, 0.6) is 5.75 Å². The molecular formula is C28H39N5O2. The number of ether oxygens (including phenoxy) is 1. The number of aryl methyl sites for hydroxylation is 1. The number of rotatable bonds is 8. The average Bonchev–Trinajstić information content (AvgIpc) is 3.20. The van der Waals surface area contributed by atoms with Crippen molar-refractivity contribution in [2.24, 2.45) is 0 Å². The molecule has 188 valence electrons. The summed E-state index contributed by atoms with van der Waals surface area (Å²) in [6, 6.07) is 10.7. The number of nitrogens with zero attached hydrogens (tertiary/aromatic N) is 3. The molecule has 1 saturated heterocycles. The summed E-state index contributed by atoms with van der Waals surface area (Å²) in [5, 5.41) is 4.21. The van der Waals surface area contributed by atoms with E-state index in [2.05, 4.69) is 59.4 Å². The Kier molecular flexibility index (Phi) is 7.96. The number of hydrogen-bond donors (Lipinski definition) is 2. The number of H-pyrrole nitrogens is 1. The Morgan fingerprint density at radius 3 is 2.77 bits per heavy atom. The maximum Gasteiger partial charge on any atom is 0.317 e. The zero-order valence-corrected chi connectivity index (χ0v) is 21.7. The van der Waals surface area contributed by atoms with Crippen LogP contribution < -0.4 is 10.1 Å². The van der Waals surface area contributed by atoms with E-state index in [4.69, 9.17) is 4.74 Å². The fraction of sp³-hybridized carbons (Fsp3) is 0.500. The molecular weight excluding hydrogens is 438 g/mol. The molecule has 0 radical (unpaired) electrons. The summed E-state index contributed by atoms with van der Waals surface area (Å²) in [4.78, 5) is 25.2. The minimum absolute atomic E-state index is 0.0242. The summed E-state index contributed by atoms with van der Waals surface area (Å²) in [7, 11) is 4.15. The zero-order chi connectivity index (χ0) is 24.9. The summed E-state index contributed by atoms with van der Waals surface area (Å²) in [6.07, 6.45) is 4.93. The molecule has 3 heterocycles. The predicted octanol–water partition coefficient (Wildman–Crippen LogP) is 5.17. The van der Waals surface area contributed by atoms with Gasteiger partial charge in [0.1, 0.15) is 11.4 Å². The number of carbonyl (C=O) groups excluding carboxylic acids is 1. The molecule has 0 spiro atoms. The van der Waals surface area contributed by atoms with Crippen molar-refractivity contribution in [2.45, 2.75) is 52.0 Å². The highest BCUT2D eigenvalue weighted by Crippen LogP contribution is 2.39. The van der Waals surface area contributed by atoms with E-state index < -0.39 is 0 Å². The first-order valence-corrected chi connectivity index (χ1v) is 12.7. The minimum atomic E-state index is 0.0242. The van der Waals surface area contributed by atoms with Gasteiger partial charge in [0.25, 0.3) is 0 Å². The lowest BCUT2D eigenvalue weighted by Gasteiger charge is -2.34. The lowest BCUT2D eigenvalue weighted by molar-refractivity contribution is 0.177. The Morgan fingerprint density at radius 1 is 1.29 bits per heavy atom. The smallest absolute Gasteiger partial charge is 0.317 e. The van der Waals surface area contributed by atoms with E-state index in [1.54, 1.807) is 0 Å². The van der Waals surface area contributed by atoms with Crippen molar-refractivity contribution in [3.8, 4) is 17.0 Å². The molecule has 1 aliphatic rings. The molecule has 0 saturated carbocycles. The van der Waals surface area contributed by atoms with Gasteiger partial charge in [0.15, 0.2) is 0 Å². The van der Waals surface area contributed by atoms with E-state index in [-0.39, 0.29) is 18.0 Å². The highest BCUT2D eigenvalue weighted by Gasteiger charge is 2.29. The molecule has 7 heteroatoms. The van der Waals surface area contributed by atoms with Crippen molar-refractivity contribution >= 4 is 17.1 Å². The summed E-state index contributed by atoms with van der Waals surface area (Å²) in [5.41, 5.74) is 5.50. The Bertz CT molecular complexity index is 1140. The molecule has 1 aliphatic heterocycles. The van der Waals surface area contributed by atoms with Crippen LogP contribution >= 0.6 is 0 Å². The van der Waals surface area contributed by atoms with Gasteiger partial charge in [0.2, 0.25) is 0 Å². The number of fused-ring (bicyclic) bond motifs is 1. The third-order valence-corrected chi connectivity index (χ3v) is 6.52. The standard InChI is InChI=1S/C28H39N5O2/c1-19(2)30-28(34)33-14-6-8-22(18-33)25-24-16-20(3)17-29-27(24)31-26(25)21-9-11-23(12-10-21)35-15-7-13-32(4)5/h9-12,16-17,19,22H,6-8,13-15,18H2,1-5H3,(H,29,31)(H,30,34). The van der Waals surface area contributed by atoms with Crippen LogP contribution in [0.4, 0.5) is 4.79 Å². The molecule has 3 aromatic rings. The van der Waals surface area contributed by atoms with Crippen LogP contribution in [0.15, 0.2) is 36.5 Å². The van der Waals surface area contributed by atoms with Crippen molar-refractivity contribution in [3.63, 3.8) is 0 Å². The van der Waals surface area contributed by atoms with E-state index in [9.17, 15) is 4.79 Å². The van der Waals surface area contributed by atoms with Gasteiger partial charge in [-0.05, 0) is 101 Å². The first-order chi connectivity index (χ1) is 16.8. The Labute approximate surface area is 208 Å². The predicted molar refractivity (Wildman–Crippen MR) is 142 cm³/mol. The molecule has 7 nitrogen and oxygen atoms in total. The van der Waals surface area contributed by atoms with Crippen LogP contribution in [0.1, 0.15) is 50.2 Å². The van der Waals surface area contributed by atoms with E-state index in [0.717, 1.165) is 66.0 Å². The average molecular weight is 478 g/mol. The van der Waals surface area contributed by atoms with Gasteiger partial charge in [-0.1, -0.05) is 0 Å². The van der Waals surface area contributed by atoms with Crippen LogP contribution in [-0.4, -0.2) is 72.2 Å². The summed E-state index contributed by atoms with van der Waals surface area (Å²) < 4.78 is 5.94. The number of urea groups is 1. The van der Waals surface area contributed by atoms with Crippen LogP contribution in [0.2, 0.25) is 0 Å². The monoisotopic (exact) mass is 477 g/mol. The van der Waals surface area contributed by atoms with E-state index >= 15 is 0 Å². The zero-order valence-electron chi connectivity index (χ0n) is 21.7. The Hall–Kier alpha value is -3.06. The fourth-order valence-corrected chi connectivity index (χ4v) is 4.87. The van der Waals surface area contributed by atoms with Gasteiger partial charge in [-0.3, -0.25) is 0 Å². The van der Waals surface area contributed by atoms with Gasteiger partial charge in [-0.25, -0.2) is 9.78 Å². The van der Waals surface area contributed by atoms with Crippen LogP contribution in [0, 0.1) is 6.92 Å². The lowest BCUT2D eigenvalue weighted by atomic mass is 9.87. The second kappa shape index (κ2) is 11.1. The fourth-order valence-electron chi connectivity index (χ4n) is 4.87. The maximum absolute atomic E-state index is 12.8. The highest BCUT2D eigenvalue weighted by atomic mass is 16.5. The number of piperidine rings is 1. The number of pyridine rings is 1. The van der Waals surface area contributed by atoms with Crippen molar-refractivity contribution in [1.82, 2.24) is 25.1 Å². The van der Waals surface area contributed by atoms with Crippen LogP contribution in [0.25, 0.3) is 22.3 Å². The third kappa shape index (κ3) is 6.14. The number of amides is 2.